The second-order valence-corrected chi connectivity index (χ2v) is 7.67. The highest BCUT2D eigenvalue weighted by Crippen LogP contribution is 2.44. The summed E-state index contributed by atoms with van der Waals surface area (Å²) < 4.78 is 0. The summed E-state index contributed by atoms with van der Waals surface area (Å²) in [7, 11) is 0. The van der Waals surface area contributed by atoms with Crippen molar-refractivity contribution in [3.05, 3.63) is 95.1 Å². The van der Waals surface area contributed by atoms with E-state index in [0.29, 0.717) is 28.1 Å². The minimum Gasteiger partial charge on any atom is -0.372 e. The van der Waals surface area contributed by atoms with E-state index in [0.717, 1.165) is 5.56 Å². The normalized spacial score (nSPS) is 17.4. The summed E-state index contributed by atoms with van der Waals surface area (Å²) in [5.41, 5.74) is 1.54. The fraction of sp³-hybridized carbons (Fsp3) is 0.160. The van der Waals surface area contributed by atoms with Crippen LogP contribution < -0.4 is 10.2 Å². The van der Waals surface area contributed by atoms with Gasteiger partial charge in [-0.15, -0.1) is 0 Å². The average Bonchev–Trinajstić information content (AvgIpc) is 2.97. The molecular weight excluding hydrogens is 392 g/mol. The minimum absolute atomic E-state index is 0.0624. The quantitative estimate of drug-likeness (QED) is 0.627. The predicted molar refractivity (Wildman–Crippen MR) is 118 cm³/mol. The molecule has 0 saturated carbocycles. The summed E-state index contributed by atoms with van der Waals surface area (Å²) in [4.78, 5) is 38.8. The summed E-state index contributed by atoms with van der Waals surface area (Å²) in [6, 6.07) is 20.6. The molecule has 1 atom stereocenters. The van der Waals surface area contributed by atoms with E-state index >= 15 is 0 Å². The van der Waals surface area contributed by atoms with Crippen LogP contribution in [-0.4, -0.2) is 29.2 Å². The lowest BCUT2D eigenvalue weighted by Gasteiger charge is -2.24. The SMILES string of the molecule is CC(=O)c1ccc(NC(=O)CN2C(=O)C(O)(c3cccc(C)c3)c3ccccc32)cc1. The molecule has 0 aliphatic carbocycles. The number of nitrogens with one attached hydrogen (secondary N) is 1. The summed E-state index contributed by atoms with van der Waals surface area (Å²) in [6.07, 6.45) is 0. The topological polar surface area (TPSA) is 86.7 Å². The van der Waals surface area contributed by atoms with Gasteiger partial charge in [0.25, 0.3) is 5.91 Å². The fourth-order valence-electron chi connectivity index (χ4n) is 3.87. The van der Waals surface area contributed by atoms with Crippen molar-refractivity contribution >= 4 is 29.0 Å². The van der Waals surface area contributed by atoms with Gasteiger partial charge in [0.05, 0.1) is 5.69 Å². The van der Waals surface area contributed by atoms with Gasteiger partial charge < -0.3 is 10.4 Å². The van der Waals surface area contributed by atoms with E-state index in [1.807, 2.05) is 13.0 Å². The summed E-state index contributed by atoms with van der Waals surface area (Å²) in [6.45, 7) is 3.11. The van der Waals surface area contributed by atoms with Crippen LogP contribution in [0.5, 0.6) is 0 Å². The van der Waals surface area contributed by atoms with Crippen molar-refractivity contribution in [3.8, 4) is 0 Å². The highest BCUT2D eigenvalue weighted by atomic mass is 16.3. The monoisotopic (exact) mass is 414 g/mol. The van der Waals surface area contributed by atoms with Gasteiger partial charge in [-0.25, -0.2) is 0 Å². The number of aryl methyl sites for hydroxylation is 1. The van der Waals surface area contributed by atoms with Crippen LogP contribution in [-0.2, 0) is 15.2 Å². The number of anilines is 2. The lowest BCUT2D eigenvalue weighted by Crippen LogP contribution is -2.44. The maximum Gasteiger partial charge on any atom is 0.268 e. The van der Waals surface area contributed by atoms with E-state index in [9.17, 15) is 19.5 Å². The van der Waals surface area contributed by atoms with E-state index < -0.39 is 17.4 Å². The molecular formula is C25H22N2O4. The Labute approximate surface area is 180 Å². The molecule has 6 heteroatoms. The molecule has 1 heterocycles. The first-order chi connectivity index (χ1) is 14.8. The van der Waals surface area contributed by atoms with Crippen molar-refractivity contribution < 1.29 is 19.5 Å². The number of nitrogens with zero attached hydrogens (tertiary/aromatic N) is 1. The standard InChI is InChI=1S/C25H22N2O4/c1-16-6-5-7-19(14-16)25(31)21-8-3-4-9-22(21)27(24(25)30)15-23(29)26-20-12-10-18(11-13-20)17(2)28/h3-14,31H,15H2,1-2H3,(H,26,29). The van der Waals surface area contributed by atoms with Gasteiger partial charge in [-0.1, -0.05) is 48.0 Å². The zero-order valence-electron chi connectivity index (χ0n) is 17.3. The third-order valence-corrected chi connectivity index (χ3v) is 5.45. The lowest BCUT2D eigenvalue weighted by molar-refractivity contribution is -0.133. The fourth-order valence-corrected chi connectivity index (χ4v) is 3.87. The number of carbonyl (C=O) groups is 3. The number of Topliss-reactive ketones (excluding diaryl/α,β-unsaturated/α-hetero) is 1. The van der Waals surface area contributed by atoms with E-state index in [2.05, 4.69) is 5.32 Å². The van der Waals surface area contributed by atoms with E-state index in [-0.39, 0.29) is 12.3 Å². The minimum atomic E-state index is -1.86. The van der Waals surface area contributed by atoms with Gasteiger partial charge in [-0.05, 0) is 49.7 Å². The first-order valence-electron chi connectivity index (χ1n) is 9.92. The Bertz CT molecular complexity index is 1190. The summed E-state index contributed by atoms with van der Waals surface area (Å²) in [5, 5.41) is 14.2. The Morgan fingerprint density at radius 2 is 1.71 bits per heavy atom. The number of fused-ring (bicyclic) bond motifs is 1. The first kappa shape index (κ1) is 20.5. The number of para-hydroxylation sites is 1. The molecule has 4 rings (SSSR count). The van der Waals surface area contributed by atoms with Crippen molar-refractivity contribution in [1.82, 2.24) is 0 Å². The van der Waals surface area contributed by atoms with Gasteiger partial charge in [0.2, 0.25) is 5.91 Å². The lowest BCUT2D eigenvalue weighted by atomic mass is 9.87. The molecule has 0 saturated heterocycles. The molecule has 3 aromatic rings. The molecule has 0 aromatic heterocycles. The van der Waals surface area contributed by atoms with Gasteiger partial charge in [0, 0.05) is 16.8 Å². The number of rotatable bonds is 5. The highest BCUT2D eigenvalue weighted by Gasteiger charge is 2.51. The van der Waals surface area contributed by atoms with E-state index in [1.165, 1.54) is 11.8 Å². The number of hydrogen-bond donors (Lipinski definition) is 2. The zero-order chi connectivity index (χ0) is 22.2. The third-order valence-electron chi connectivity index (χ3n) is 5.45. The van der Waals surface area contributed by atoms with Crippen molar-refractivity contribution in [3.63, 3.8) is 0 Å². The van der Waals surface area contributed by atoms with Crippen LogP contribution in [0.3, 0.4) is 0 Å². The molecule has 1 aliphatic rings. The molecule has 0 radical (unpaired) electrons. The number of aliphatic hydroxyl groups is 1. The Morgan fingerprint density at radius 3 is 2.39 bits per heavy atom. The second kappa shape index (κ2) is 7.81. The number of ketones is 1. The molecule has 156 valence electrons. The van der Waals surface area contributed by atoms with Crippen LogP contribution in [0.4, 0.5) is 11.4 Å². The van der Waals surface area contributed by atoms with Crippen LogP contribution in [0.15, 0.2) is 72.8 Å². The Balaban J connectivity index is 1.61. The molecule has 2 amide bonds. The van der Waals surface area contributed by atoms with Crippen LogP contribution >= 0.6 is 0 Å². The van der Waals surface area contributed by atoms with E-state index in [1.54, 1.807) is 66.7 Å². The first-order valence-corrected chi connectivity index (χ1v) is 9.92. The van der Waals surface area contributed by atoms with Crippen molar-refractivity contribution in [2.24, 2.45) is 0 Å². The predicted octanol–water partition coefficient (Wildman–Crippen LogP) is 3.42. The Kier molecular flexibility index (Phi) is 5.17. The van der Waals surface area contributed by atoms with Crippen LogP contribution in [0.2, 0.25) is 0 Å². The Hall–Kier alpha value is -3.77. The molecule has 0 spiro atoms. The van der Waals surface area contributed by atoms with Crippen molar-refractivity contribution in [2.45, 2.75) is 19.4 Å². The maximum atomic E-state index is 13.4. The smallest absolute Gasteiger partial charge is 0.268 e. The molecule has 0 fully saturated rings. The average molecular weight is 414 g/mol. The molecule has 6 nitrogen and oxygen atoms in total. The van der Waals surface area contributed by atoms with Gasteiger partial charge in [0.15, 0.2) is 11.4 Å². The van der Waals surface area contributed by atoms with E-state index in [4.69, 9.17) is 0 Å². The summed E-state index contributed by atoms with van der Waals surface area (Å²) >= 11 is 0. The second-order valence-electron chi connectivity index (χ2n) is 7.67. The van der Waals surface area contributed by atoms with Crippen LogP contribution in [0.1, 0.15) is 34.0 Å². The van der Waals surface area contributed by atoms with Gasteiger partial charge in [-0.2, -0.15) is 0 Å². The van der Waals surface area contributed by atoms with Gasteiger partial charge in [0.1, 0.15) is 6.54 Å². The van der Waals surface area contributed by atoms with Crippen molar-refractivity contribution in [2.75, 3.05) is 16.8 Å². The largest absolute Gasteiger partial charge is 0.372 e. The number of hydrogen-bond acceptors (Lipinski definition) is 4. The van der Waals surface area contributed by atoms with Gasteiger partial charge >= 0.3 is 0 Å². The molecule has 1 unspecified atom stereocenters. The number of benzene rings is 3. The maximum absolute atomic E-state index is 13.4. The Morgan fingerprint density at radius 1 is 1.00 bits per heavy atom. The number of carbonyl (C=O) groups excluding carboxylic acids is 3. The highest BCUT2D eigenvalue weighted by molar-refractivity contribution is 6.12. The zero-order valence-corrected chi connectivity index (χ0v) is 17.3. The summed E-state index contributed by atoms with van der Waals surface area (Å²) in [5.74, 6) is -1.04. The molecule has 1 aliphatic heterocycles. The molecule has 0 bridgehead atoms. The third kappa shape index (κ3) is 3.62. The van der Waals surface area contributed by atoms with Crippen LogP contribution in [0.25, 0.3) is 0 Å². The van der Waals surface area contributed by atoms with Gasteiger partial charge in [-0.3, -0.25) is 19.3 Å². The number of amides is 2. The molecule has 2 N–H and O–H groups in total. The van der Waals surface area contributed by atoms with Crippen molar-refractivity contribution in [1.29, 1.82) is 0 Å². The molecule has 3 aromatic carbocycles. The van der Waals surface area contributed by atoms with Crippen LogP contribution in [0, 0.1) is 6.92 Å². The molecule has 31 heavy (non-hydrogen) atoms.